The Kier molecular flexibility index (Phi) is 11.1. The van der Waals surface area contributed by atoms with Crippen molar-refractivity contribution in [3.8, 4) is 17.1 Å². The van der Waals surface area contributed by atoms with Crippen LogP contribution >= 0.6 is 0 Å². The van der Waals surface area contributed by atoms with E-state index in [4.69, 9.17) is 24.3 Å². The Hall–Kier alpha value is -2.72. The van der Waals surface area contributed by atoms with Crippen LogP contribution in [0.25, 0.3) is 11.4 Å². The van der Waals surface area contributed by atoms with Gasteiger partial charge in [-0.2, -0.15) is 5.10 Å². The molecule has 0 saturated heterocycles. The Morgan fingerprint density at radius 2 is 1.87 bits per heavy atom. The van der Waals surface area contributed by atoms with Gasteiger partial charge in [0.15, 0.2) is 11.6 Å². The molecule has 1 aliphatic rings. The number of amides is 1. The number of carbonyl (C=O) groups is 1. The van der Waals surface area contributed by atoms with E-state index in [1.54, 1.807) is 20.8 Å². The van der Waals surface area contributed by atoms with Gasteiger partial charge in [-0.05, 0) is 57.0 Å². The highest BCUT2D eigenvalue weighted by Gasteiger charge is 2.20. The first-order valence-corrected chi connectivity index (χ1v) is 17.6. The van der Waals surface area contributed by atoms with Crippen molar-refractivity contribution in [2.45, 2.75) is 90.9 Å². The minimum atomic E-state index is -1.18. The van der Waals surface area contributed by atoms with E-state index in [0.29, 0.717) is 31.3 Å². The van der Waals surface area contributed by atoms with Crippen LogP contribution < -0.4 is 10.1 Å². The molecule has 1 aliphatic carbocycles. The van der Waals surface area contributed by atoms with Crippen molar-refractivity contribution >= 4 is 14.2 Å². The maximum atomic E-state index is 13.4. The van der Waals surface area contributed by atoms with E-state index in [9.17, 15) is 9.18 Å². The summed E-state index contributed by atoms with van der Waals surface area (Å²) in [6, 6.07) is 8.60. The number of alkyl carbamates (subject to hydrolysis) is 1. The highest BCUT2D eigenvalue weighted by Crippen LogP contribution is 2.28. The summed E-state index contributed by atoms with van der Waals surface area (Å²) in [6.07, 6.45) is 5.79. The van der Waals surface area contributed by atoms with E-state index < -0.39 is 19.8 Å². The summed E-state index contributed by atoms with van der Waals surface area (Å²) in [5.74, 6) is 2.87. The highest BCUT2D eigenvalue weighted by atomic mass is 28.3. The number of hydrogen-bond donors (Lipinski definition) is 1. The molecule has 10 heteroatoms. The van der Waals surface area contributed by atoms with E-state index >= 15 is 0 Å². The first-order valence-electron chi connectivity index (χ1n) is 13.9. The second-order valence-corrected chi connectivity index (χ2v) is 18.1. The summed E-state index contributed by atoms with van der Waals surface area (Å²) in [4.78, 5) is 16.7. The van der Waals surface area contributed by atoms with Crippen molar-refractivity contribution in [2.24, 2.45) is 5.92 Å². The molecule has 3 rings (SSSR count). The summed E-state index contributed by atoms with van der Waals surface area (Å²) < 4.78 is 32.2. The molecule has 8 nitrogen and oxygen atoms in total. The molecule has 0 spiro atoms. The minimum Gasteiger partial charge on any atom is -0.489 e. The summed E-state index contributed by atoms with van der Waals surface area (Å²) in [5.41, 5.74) is 0.578. The van der Waals surface area contributed by atoms with Crippen molar-refractivity contribution in [2.75, 3.05) is 19.8 Å². The van der Waals surface area contributed by atoms with Gasteiger partial charge in [-0.25, -0.2) is 18.9 Å². The first-order chi connectivity index (χ1) is 18.4. The fraction of sp³-hybridized carbons (Fsp3) is 0.621. The van der Waals surface area contributed by atoms with Gasteiger partial charge in [0.25, 0.3) is 0 Å². The van der Waals surface area contributed by atoms with Gasteiger partial charge in [0.1, 0.15) is 24.7 Å². The molecule has 0 aliphatic heterocycles. The molecular weight excluding hydrogens is 515 g/mol. The Morgan fingerprint density at radius 3 is 2.49 bits per heavy atom. The van der Waals surface area contributed by atoms with Crippen LogP contribution in [0.2, 0.25) is 25.7 Å². The van der Waals surface area contributed by atoms with E-state index in [-0.39, 0.29) is 18.7 Å². The maximum Gasteiger partial charge on any atom is 0.407 e. The second kappa shape index (κ2) is 14.1. The number of rotatable bonds is 13. The number of ether oxygens (including phenoxy) is 3. The van der Waals surface area contributed by atoms with Gasteiger partial charge in [0, 0.05) is 38.8 Å². The number of nitrogens with one attached hydrogen (secondary N) is 1. The van der Waals surface area contributed by atoms with E-state index in [2.05, 4.69) is 25.0 Å². The zero-order chi connectivity index (χ0) is 28.5. The third-order valence-electron chi connectivity index (χ3n) is 6.42. The van der Waals surface area contributed by atoms with E-state index in [1.807, 2.05) is 28.9 Å². The predicted octanol–water partition coefficient (Wildman–Crippen LogP) is 6.75. The lowest BCUT2D eigenvalue weighted by molar-refractivity contribution is 0.0531. The summed E-state index contributed by atoms with van der Waals surface area (Å²) >= 11 is 0. The van der Waals surface area contributed by atoms with Crippen LogP contribution in [0.4, 0.5) is 9.18 Å². The van der Waals surface area contributed by atoms with Crippen molar-refractivity contribution in [3.05, 3.63) is 42.0 Å². The van der Waals surface area contributed by atoms with Gasteiger partial charge in [0.2, 0.25) is 0 Å². The van der Waals surface area contributed by atoms with Gasteiger partial charge in [-0.3, -0.25) is 0 Å². The highest BCUT2D eigenvalue weighted by molar-refractivity contribution is 6.76. The molecule has 216 valence electrons. The van der Waals surface area contributed by atoms with Crippen molar-refractivity contribution < 1.29 is 23.4 Å². The van der Waals surface area contributed by atoms with Crippen LogP contribution in [0.1, 0.15) is 52.3 Å². The monoisotopic (exact) mass is 560 g/mol. The number of nitrogens with zero attached hydrogens (tertiary/aromatic N) is 3. The lowest BCUT2D eigenvalue weighted by Crippen LogP contribution is -2.34. The molecule has 2 aromatic rings. The fourth-order valence-electron chi connectivity index (χ4n) is 4.28. The standard InChI is InChI=1S/C29H45FN4O4Si/c1-29(2,3)38-28(35)31-19-23(18-30)20-37-25-13-11-24(12-14-25)27-32-26(17-22-9-7-8-10-22)33-34(27)21-36-15-16-39(4,5)6/h11-14,18,22H,7-10,15-17,19-21H2,1-6H3,(H,31,35)/b23-18+. The van der Waals surface area contributed by atoms with Crippen LogP contribution in [0.3, 0.4) is 0 Å². The molecule has 0 bridgehead atoms. The van der Waals surface area contributed by atoms with Gasteiger partial charge in [-0.1, -0.05) is 45.3 Å². The minimum absolute atomic E-state index is 0.00169. The predicted molar refractivity (Wildman–Crippen MR) is 154 cm³/mol. The quantitative estimate of drug-likeness (QED) is 0.215. The molecule has 1 saturated carbocycles. The normalized spacial score (nSPS) is 15.0. The van der Waals surface area contributed by atoms with Crippen LogP contribution in [0, 0.1) is 5.92 Å². The SMILES string of the molecule is CC(C)(C)OC(=O)NC/C(=C\F)COc1ccc(-c2nc(CC3CCCC3)nn2COCC[Si](C)(C)C)cc1. The second-order valence-electron chi connectivity index (χ2n) is 12.5. The molecule has 1 aromatic carbocycles. The number of hydrogen-bond acceptors (Lipinski definition) is 6. The molecule has 1 aromatic heterocycles. The summed E-state index contributed by atoms with van der Waals surface area (Å²) in [7, 11) is -1.18. The Bertz CT molecular complexity index is 1080. The Morgan fingerprint density at radius 1 is 1.18 bits per heavy atom. The third kappa shape index (κ3) is 11.1. The molecule has 1 heterocycles. The Balaban J connectivity index is 1.61. The van der Waals surface area contributed by atoms with E-state index in [0.717, 1.165) is 29.7 Å². The maximum absolute atomic E-state index is 13.4. The van der Waals surface area contributed by atoms with Gasteiger partial charge >= 0.3 is 6.09 Å². The average Bonchev–Trinajstić information content (AvgIpc) is 3.51. The lowest BCUT2D eigenvalue weighted by atomic mass is 10.0. The van der Waals surface area contributed by atoms with Gasteiger partial charge in [-0.15, -0.1) is 0 Å². The molecule has 1 fully saturated rings. The Labute approximate surface area is 233 Å². The topological polar surface area (TPSA) is 87.5 Å². The molecular formula is C29H45FN4O4Si. The summed E-state index contributed by atoms with van der Waals surface area (Å²) in [6.45, 7) is 13.4. The number of carbonyl (C=O) groups excluding carboxylic acids is 1. The number of aromatic nitrogens is 3. The van der Waals surface area contributed by atoms with Crippen molar-refractivity contribution in [1.29, 1.82) is 0 Å². The average molecular weight is 561 g/mol. The van der Waals surface area contributed by atoms with E-state index in [1.165, 1.54) is 25.7 Å². The summed E-state index contributed by atoms with van der Waals surface area (Å²) in [5, 5.41) is 7.34. The number of halogens is 1. The fourth-order valence-corrected chi connectivity index (χ4v) is 5.04. The zero-order valence-electron chi connectivity index (χ0n) is 24.4. The van der Waals surface area contributed by atoms with Crippen LogP contribution in [0.15, 0.2) is 36.2 Å². The van der Waals surface area contributed by atoms with Crippen LogP contribution in [-0.2, 0) is 22.6 Å². The molecule has 0 atom stereocenters. The largest absolute Gasteiger partial charge is 0.489 e. The molecule has 39 heavy (non-hydrogen) atoms. The molecule has 0 radical (unpaired) electrons. The first kappa shape index (κ1) is 30.8. The third-order valence-corrected chi connectivity index (χ3v) is 8.13. The smallest absolute Gasteiger partial charge is 0.407 e. The van der Waals surface area contributed by atoms with Gasteiger partial charge in [0.05, 0.1) is 6.33 Å². The van der Waals surface area contributed by atoms with Crippen molar-refractivity contribution in [1.82, 2.24) is 20.1 Å². The molecule has 1 N–H and O–H groups in total. The number of benzene rings is 1. The van der Waals surface area contributed by atoms with Crippen LogP contribution in [-0.4, -0.2) is 54.3 Å². The molecule has 0 unspecified atom stereocenters. The van der Waals surface area contributed by atoms with Crippen molar-refractivity contribution in [3.63, 3.8) is 0 Å². The van der Waals surface area contributed by atoms with Gasteiger partial charge < -0.3 is 19.5 Å². The lowest BCUT2D eigenvalue weighted by Gasteiger charge is -2.20. The molecule has 1 amide bonds. The van der Waals surface area contributed by atoms with Crippen LogP contribution in [0.5, 0.6) is 5.75 Å². The zero-order valence-corrected chi connectivity index (χ0v) is 25.4.